The number of hydrogen-bond acceptors (Lipinski definition) is 7. The van der Waals surface area contributed by atoms with Crippen molar-refractivity contribution in [2.24, 2.45) is 0 Å². The molecule has 4 aromatic carbocycles. The molecule has 5 heterocycles. The van der Waals surface area contributed by atoms with Crippen LogP contribution in [0.3, 0.4) is 0 Å². The van der Waals surface area contributed by atoms with Crippen LogP contribution in [-0.4, -0.2) is 30.2 Å². The Labute approximate surface area is 269 Å². The van der Waals surface area contributed by atoms with Gasteiger partial charge in [-0.3, -0.25) is 9.97 Å². The van der Waals surface area contributed by atoms with Gasteiger partial charge in [-0.15, -0.1) is 0 Å². The van der Waals surface area contributed by atoms with Gasteiger partial charge in [0.05, 0.1) is 34.0 Å². The van der Waals surface area contributed by atoms with Gasteiger partial charge in [-0.2, -0.15) is 0 Å². The van der Waals surface area contributed by atoms with Gasteiger partial charge in [0.25, 0.3) is 0 Å². The van der Waals surface area contributed by atoms with Crippen LogP contribution in [0.2, 0.25) is 0 Å². The summed E-state index contributed by atoms with van der Waals surface area (Å²) in [6.45, 7) is 0. The SMILES string of the molecule is c1ccc(-c2cc(-c3ccc(-c4cccc(-c5nc6ccccc6c6c5ccc5nonc56)c4)cc3)cc(-c3ccccn3)n2)nc1. The average Bonchev–Trinajstić information content (AvgIpc) is 3.65. The first kappa shape index (κ1) is 26.8. The molecule has 0 spiro atoms. The number of rotatable bonds is 5. The highest BCUT2D eigenvalue weighted by Crippen LogP contribution is 2.37. The van der Waals surface area contributed by atoms with Crippen molar-refractivity contribution in [3.05, 3.63) is 146 Å². The lowest BCUT2D eigenvalue weighted by molar-refractivity contribution is 0.316. The fourth-order valence-corrected chi connectivity index (χ4v) is 6.19. The Morgan fingerprint density at radius 1 is 0.404 bits per heavy atom. The maximum absolute atomic E-state index is 5.12. The van der Waals surface area contributed by atoms with Gasteiger partial charge in [0.2, 0.25) is 0 Å². The summed E-state index contributed by atoms with van der Waals surface area (Å²) in [5.74, 6) is 0. The largest absolute Gasteiger partial charge is 0.255 e. The van der Waals surface area contributed by atoms with Crippen molar-refractivity contribution in [2.75, 3.05) is 0 Å². The second kappa shape index (κ2) is 11.1. The molecule has 0 unspecified atom stereocenters. The van der Waals surface area contributed by atoms with Gasteiger partial charge in [0.15, 0.2) is 0 Å². The Balaban J connectivity index is 1.12. The Morgan fingerprint density at radius 2 is 1.09 bits per heavy atom. The van der Waals surface area contributed by atoms with Gasteiger partial charge in [-0.05, 0) is 93.2 Å². The van der Waals surface area contributed by atoms with Crippen LogP contribution >= 0.6 is 0 Å². The normalized spacial score (nSPS) is 11.4. The molecule has 47 heavy (non-hydrogen) atoms. The first-order valence-corrected chi connectivity index (χ1v) is 15.3. The number of fused-ring (bicyclic) bond motifs is 5. The molecule has 7 heteroatoms. The zero-order valence-corrected chi connectivity index (χ0v) is 24.9. The molecule has 0 atom stereocenters. The van der Waals surface area contributed by atoms with E-state index in [0.29, 0.717) is 0 Å². The van der Waals surface area contributed by atoms with E-state index in [0.717, 1.165) is 89.0 Å². The average molecular weight is 605 g/mol. The maximum atomic E-state index is 5.12. The van der Waals surface area contributed by atoms with Crippen molar-refractivity contribution in [1.29, 1.82) is 0 Å². The van der Waals surface area contributed by atoms with E-state index in [4.69, 9.17) is 14.6 Å². The first-order valence-electron chi connectivity index (χ1n) is 15.3. The van der Waals surface area contributed by atoms with E-state index in [9.17, 15) is 0 Å². The molecule has 220 valence electrons. The monoisotopic (exact) mass is 604 g/mol. The number of nitrogens with zero attached hydrogens (tertiary/aromatic N) is 6. The van der Waals surface area contributed by atoms with Crippen LogP contribution in [0.4, 0.5) is 0 Å². The Bertz CT molecular complexity index is 2510. The molecule has 5 aromatic heterocycles. The van der Waals surface area contributed by atoms with E-state index in [1.807, 2.05) is 60.7 Å². The maximum Gasteiger partial charge on any atom is 0.143 e. The minimum atomic E-state index is 0.724. The summed E-state index contributed by atoms with van der Waals surface area (Å²) in [7, 11) is 0. The molecule has 0 bridgehead atoms. The molecule has 9 aromatic rings. The summed E-state index contributed by atoms with van der Waals surface area (Å²) >= 11 is 0. The van der Waals surface area contributed by atoms with E-state index in [2.05, 4.69) is 93.1 Å². The minimum Gasteiger partial charge on any atom is -0.255 e. The van der Waals surface area contributed by atoms with E-state index in [-0.39, 0.29) is 0 Å². The number of pyridine rings is 4. The predicted molar refractivity (Wildman–Crippen MR) is 185 cm³/mol. The van der Waals surface area contributed by atoms with Crippen LogP contribution in [0.25, 0.3) is 89.0 Å². The Morgan fingerprint density at radius 3 is 1.81 bits per heavy atom. The summed E-state index contributed by atoms with van der Waals surface area (Å²) in [6.07, 6.45) is 3.57. The van der Waals surface area contributed by atoms with Crippen molar-refractivity contribution in [2.45, 2.75) is 0 Å². The van der Waals surface area contributed by atoms with Crippen LogP contribution in [0.1, 0.15) is 0 Å². The smallest absolute Gasteiger partial charge is 0.143 e. The molecule has 0 aliphatic heterocycles. The third kappa shape index (κ3) is 4.78. The molecule has 9 rings (SSSR count). The number of aromatic nitrogens is 6. The number of para-hydroxylation sites is 1. The lowest BCUT2D eigenvalue weighted by atomic mass is 9.95. The summed E-state index contributed by atoms with van der Waals surface area (Å²) in [6, 6.07) is 45.2. The van der Waals surface area contributed by atoms with Gasteiger partial charge in [0.1, 0.15) is 11.0 Å². The molecule has 0 amide bonds. The zero-order valence-electron chi connectivity index (χ0n) is 24.9. The van der Waals surface area contributed by atoms with Gasteiger partial charge >= 0.3 is 0 Å². The Kier molecular flexibility index (Phi) is 6.31. The third-order valence-corrected chi connectivity index (χ3v) is 8.46. The summed E-state index contributed by atoms with van der Waals surface area (Å²) < 4.78 is 5.11. The fourth-order valence-electron chi connectivity index (χ4n) is 6.19. The van der Waals surface area contributed by atoms with E-state index < -0.39 is 0 Å². The van der Waals surface area contributed by atoms with Crippen LogP contribution in [0.5, 0.6) is 0 Å². The topological polar surface area (TPSA) is 90.5 Å². The predicted octanol–water partition coefficient (Wildman–Crippen LogP) is 9.44. The van der Waals surface area contributed by atoms with Crippen molar-refractivity contribution in [1.82, 2.24) is 30.2 Å². The minimum absolute atomic E-state index is 0.724. The fraction of sp³-hybridized carbons (Fsp3) is 0. The van der Waals surface area contributed by atoms with Crippen LogP contribution < -0.4 is 0 Å². The van der Waals surface area contributed by atoms with Crippen molar-refractivity contribution < 1.29 is 4.63 Å². The first-order chi connectivity index (χ1) is 23.3. The lowest BCUT2D eigenvalue weighted by Crippen LogP contribution is -1.94. The molecular weight excluding hydrogens is 580 g/mol. The molecule has 0 radical (unpaired) electrons. The van der Waals surface area contributed by atoms with Gasteiger partial charge in [-0.25, -0.2) is 14.6 Å². The number of benzene rings is 4. The highest BCUT2D eigenvalue weighted by Gasteiger charge is 2.16. The summed E-state index contributed by atoms with van der Waals surface area (Å²) in [5.41, 5.74) is 11.8. The molecular formula is C40H24N6O. The molecule has 0 saturated carbocycles. The third-order valence-electron chi connectivity index (χ3n) is 8.46. The van der Waals surface area contributed by atoms with Crippen LogP contribution in [0, 0.1) is 0 Å². The van der Waals surface area contributed by atoms with Gasteiger partial charge in [0, 0.05) is 34.1 Å². The van der Waals surface area contributed by atoms with E-state index >= 15 is 0 Å². The highest BCUT2D eigenvalue weighted by atomic mass is 16.6. The quantitative estimate of drug-likeness (QED) is 0.181. The molecule has 7 nitrogen and oxygen atoms in total. The zero-order chi connectivity index (χ0) is 31.2. The number of hydrogen-bond donors (Lipinski definition) is 0. The van der Waals surface area contributed by atoms with E-state index in [1.54, 1.807) is 12.4 Å². The molecule has 0 saturated heterocycles. The van der Waals surface area contributed by atoms with Crippen LogP contribution in [0.15, 0.2) is 150 Å². The Hall–Kier alpha value is -6.60. The molecule has 0 aliphatic rings. The van der Waals surface area contributed by atoms with Gasteiger partial charge < -0.3 is 0 Å². The van der Waals surface area contributed by atoms with Crippen molar-refractivity contribution in [3.63, 3.8) is 0 Å². The lowest BCUT2D eigenvalue weighted by Gasteiger charge is -2.12. The molecule has 0 aliphatic carbocycles. The molecule has 0 fully saturated rings. The van der Waals surface area contributed by atoms with Crippen molar-refractivity contribution >= 4 is 32.7 Å². The van der Waals surface area contributed by atoms with Crippen molar-refractivity contribution in [3.8, 4) is 56.3 Å². The van der Waals surface area contributed by atoms with Gasteiger partial charge in [-0.1, -0.05) is 72.8 Å². The van der Waals surface area contributed by atoms with E-state index in [1.165, 1.54) is 0 Å². The second-order valence-electron chi connectivity index (χ2n) is 11.3. The summed E-state index contributed by atoms with van der Waals surface area (Å²) in [5, 5.41) is 11.4. The second-order valence-corrected chi connectivity index (χ2v) is 11.3. The molecule has 0 N–H and O–H groups in total. The highest BCUT2D eigenvalue weighted by molar-refractivity contribution is 6.20. The standard InChI is InChI=1S/C40H24N6O/c1-2-11-32-30(10-1)38-31(18-19-35-40(38)46-47-45-35)39(44-32)28-9-7-8-27(22-28)25-14-16-26(17-15-25)29-23-36(33-12-3-5-20-41-33)43-37(24-29)34-13-4-6-21-42-34/h1-24H. The van der Waals surface area contributed by atoms with Crippen LogP contribution in [-0.2, 0) is 0 Å². The summed E-state index contributed by atoms with van der Waals surface area (Å²) in [4.78, 5) is 19.1.